The number of aromatic nitrogens is 3. The Morgan fingerprint density at radius 2 is 2.00 bits per heavy atom. The molecule has 2 aliphatic heterocycles. The van der Waals surface area contributed by atoms with Crippen LogP contribution in [0.25, 0.3) is 11.0 Å². The lowest BCUT2D eigenvalue weighted by molar-refractivity contribution is -0.274. The number of halogens is 4. The highest BCUT2D eigenvalue weighted by Gasteiger charge is 2.41. The number of ether oxygens (including phenoxy) is 1. The minimum Gasteiger partial charge on any atom is -0.404 e. The van der Waals surface area contributed by atoms with Crippen molar-refractivity contribution in [2.75, 3.05) is 29.4 Å². The molecular formula is C23H20ClF3N6O2. The summed E-state index contributed by atoms with van der Waals surface area (Å²) in [5.41, 5.74) is 1.28. The van der Waals surface area contributed by atoms with E-state index in [0.717, 1.165) is 19.0 Å². The molecule has 0 bridgehead atoms. The molecule has 0 amide bonds. The molecule has 0 N–H and O–H groups in total. The van der Waals surface area contributed by atoms with E-state index >= 15 is 0 Å². The van der Waals surface area contributed by atoms with Gasteiger partial charge in [0.2, 0.25) is 0 Å². The SMILES string of the molecule is Cn1c(=O)c(C#N)c(N2CC[C@@H]3CN(c4ccc(OC(F)(F)F)cn4)CC[C@@H]32)c2nc(Cl)ccc21. The van der Waals surface area contributed by atoms with Crippen LogP contribution in [0.3, 0.4) is 0 Å². The fourth-order valence-corrected chi connectivity index (χ4v) is 5.32. The minimum absolute atomic E-state index is 0.0415. The highest BCUT2D eigenvalue weighted by Crippen LogP contribution is 2.39. The van der Waals surface area contributed by atoms with E-state index in [9.17, 15) is 23.2 Å². The maximum atomic E-state index is 12.9. The van der Waals surface area contributed by atoms with Gasteiger partial charge in [-0.15, -0.1) is 13.2 Å². The number of rotatable bonds is 3. The van der Waals surface area contributed by atoms with E-state index in [4.69, 9.17) is 11.6 Å². The summed E-state index contributed by atoms with van der Waals surface area (Å²) in [5, 5.41) is 10.1. The van der Waals surface area contributed by atoms with E-state index in [1.54, 1.807) is 19.2 Å². The molecule has 2 saturated heterocycles. The predicted molar refractivity (Wildman–Crippen MR) is 124 cm³/mol. The third kappa shape index (κ3) is 4.23. The van der Waals surface area contributed by atoms with Crippen molar-refractivity contribution < 1.29 is 17.9 Å². The molecule has 35 heavy (non-hydrogen) atoms. The molecule has 3 aromatic heterocycles. The third-order valence-electron chi connectivity index (χ3n) is 6.69. The Bertz CT molecular complexity index is 1390. The Hall–Kier alpha value is -3.52. The van der Waals surface area contributed by atoms with Gasteiger partial charge in [-0.05, 0) is 43.0 Å². The van der Waals surface area contributed by atoms with E-state index in [1.165, 1.54) is 16.7 Å². The zero-order valence-electron chi connectivity index (χ0n) is 18.6. The molecule has 2 aliphatic rings. The maximum absolute atomic E-state index is 12.9. The van der Waals surface area contributed by atoms with Gasteiger partial charge in [-0.3, -0.25) is 4.79 Å². The van der Waals surface area contributed by atoms with E-state index in [1.807, 2.05) is 4.90 Å². The number of nitriles is 1. The van der Waals surface area contributed by atoms with Gasteiger partial charge in [0.25, 0.3) is 5.56 Å². The van der Waals surface area contributed by atoms with Crippen molar-refractivity contribution in [2.24, 2.45) is 13.0 Å². The van der Waals surface area contributed by atoms with Crippen LogP contribution in [0.2, 0.25) is 5.15 Å². The first-order valence-corrected chi connectivity index (χ1v) is 11.4. The molecule has 3 aromatic rings. The number of hydrogen-bond donors (Lipinski definition) is 0. The standard InChI is InChI=1S/C23H20ClF3N6O2/c1-31-17-3-4-18(24)30-20(17)21(15(10-28)22(31)34)33-9-6-13-12-32(8-7-16(13)33)19-5-2-14(11-29-19)35-23(25,26)27/h2-5,11,13,16H,6-9,12H2,1H3/t13-,16+/m1/s1. The summed E-state index contributed by atoms with van der Waals surface area (Å²) in [6.07, 6.45) is -2.16. The van der Waals surface area contributed by atoms with Crippen LogP contribution in [0.15, 0.2) is 35.3 Å². The Balaban J connectivity index is 1.43. The Morgan fingerprint density at radius 1 is 1.20 bits per heavy atom. The van der Waals surface area contributed by atoms with Gasteiger partial charge in [-0.1, -0.05) is 11.6 Å². The Morgan fingerprint density at radius 3 is 2.69 bits per heavy atom. The summed E-state index contributed by atoms with van der Waals surface area (Å²) in [6.45, 7) is 1.90. The largest absolute Gasteiger partial charge is 0.573 e. The number of nitrogens with zero attached hydrogens (tertiary/aromatic N) is 6. The topological polar surface area (TPSA) is 87.3 Å². The molecule has 12 heteroatoms. The van der Waals surface area contributed by atoms with E-state index in [0.29, 0.717) is 42.2 Å². The normalized spacial score (nSPS) is 20.1. The summed E-state index contributed by atoms with van der Waals surface area (Å²) >= 11 is 6.17. The lowest BCUT2D eigenvalue weighted by Crippen LogP contribution is -2.47. The molecule has 0 aliphatic carbocycles. The first-order chi connectivity index (χ1) is 16.7. The summed E-state index contributed by atoms with van der Waals surface area (Å²) in [5.74, 6) is 0.416. The van der Waals surface area contributed by atoms with Gasteiger partial charge in [0.15, 0.2) is 0 Å². The van der Waals surface area contributed by atoms with Gasteiger partial charge in [-0.25, -0.2) is 9.97 Å². The molecule has 0 aromatic carbocycles. The van der Waals surface area contributed by atoms with Crippen LogP contribution in [0, 0.1) is 17.2 Å². The molecule has 0 spiro atoms. The molecule has 5 heterocycles. The number of pyridine rings is 3. The van der Waals surface area contributed by atoms with E-state index in [2.05, 4.69) is 25.7 Å². The summed E-state index contributed by atoms with van der Waals surface area (Å²) in [6, 6.07) is 8.26. The van der Waals surface area contributed by atoms with Gasteiger partial charge in [0.1, 0.15) is 33.9 Å². The van der Waals surface area contributed by atoms with Gasteiger partial charge in [-0.2, -0.15) is 5.26 Å². The summed E-state index contributed by atoms with van der Waals surface area (Å²) in [4.78, 5) is 25.7. The van der Waals surface area contributed by atoms with Crippen molar-refractivity contribution in [2.45, 2.75) is 25.2 Å². The molecule has 2 fully saturated rings. The minimum atomic E-state index is -4.77. The Labute approximate surface area is 203 Å². The van der Waals surface area contributed by atoms with Crippen LogP contribution in [0.1, 0.15) is 18.4 Å². The number of fused-ring (bicyclic) bond motifs is 2. The van der Waals surface area contributed by atoms with Crippen LogP contribution in [0.4, 0.5) is 24.7 Å². The fraction of sp³-hybridized carbons (Fsp3) is 0.391. The highest BCUT2D eigenvalue weighted by atomic mass is 35.5. The third-order valence-corrected chi connectivity index (χ3v) is 6.90. The van der Waals surface area contributed by atoms with Gasteiger partial charge in [0, 0.05) is 32.7 Å². The maximum Gasteiger partial charge on any atom is 0.573 e. The van der Waals surface area contributed by atoms with Crippen molar-refractivity contribution in [3.8, 4) is 11.8 Å². The van der Waals surface area contributed by atoms with Crippen molar-refractivity contribution in [3.63, 3.8) is 0 Å². The van der Waals surface area contributed by atoms with Crippen molar-refractivity contribution in [1.82, 2.24) is 14.5 Å². The van der Waals surface area contributed by atoms with Gasteiger partial charge < -0.3 is 19.1 Å². The molecule has 2 atom stereocenters. The molecule has 0 radical (unpaired) electrons. The highest BCUT2D eigenvalue weighted by molar-refractivity contribution is 6.29. The second-order valence-electron chi connectivity index (χ2n) is 8.65. The fourth-order valence-electron chi connectivity index (χ4n) is 5.17. The number of aryl methyl sites for hydroxylation is 1. The van der Waals surface area contributed by atoms with Crippen LogP contribution in [0.5, 0.6) is 5.75 Å². The average molecular weight is 505 g/mol. The van der Waals surface area contributed by atoms with Crippen molar-refractivity contribution >= 4 is 34.1 Å². The summed E-state index contributed by atoms with van der Waals surface area (Å²) < 4.78 is 42.6. The monoisotopic (exact) mass is 504 g/mol. The van der Waals surface area contributed by atoms with Gasteiger partial charge in [0.05, 0.1) is 17.4 Å². The van der Waals surface area contributed by atoms with Crippen LogP contribution >= 0.6 is 11.6 Å². The molecule has 5 rings (SSSR count). The first-order valence-electron chi connectivity index (χ1n) is 11.0. The second-order valence-corrected chi connectivity index (χ2v) is 9.03. The number of alkyl halides is 3. The van der Waals surface area contributed by atoms with Crippen LogP contribution in [-0.2, 0) is 7.05 Å². The quantitative estimate of drug-likeness (QED) is 0.500. The summed E-state index contributed by atoms with van der Waals surface area (Å²) in [7, 11) is 1.61. The first kappa shape index (κ1) is 23.2. The number of anilines is 2. The zero-order valence-corrected chi connectivity index (χ0v) is 19.3. The van der Waals surface area contributed by atoms with Crippen molar-refractivity contribution in [3.05, 3.63) is 51.5 Å². The lowest BCUT2D eigenvalue weighted by Gasteiger charge is -2.39. The van der Waals surface area contributed by atoms with Crippen LogP contribution in [-0.4, -0.2) is 46.6 Å². The number of piperidine rings is 1. The smallest absolute Gasteiger partial charge is 0.404 e. The predicted octanol–water partition coefficient (Wildman–Crippen LogP) is 3.86. The lowest BCUT2D eigenvalue weighted by atomic mass is 9.92. The zero-order chi connectivity index (χ0) is 24.9. The number of hydrogen-bond acceptors (Lipinski definition) is 7. The van der Waals surface area contributed by atoms with Gasteiger partial charge >= 0.3 is 6.36 Å². The average Bonchev–Trinajstić information content (AvgIpc) is 3.23. The molecule has 182 valence electrons. The molecular weight excluding hydrogens is 485 g/mol. The van der Waals surface area contributed by atoms with Crippen molar-refractivity contribution in [1.29, 1.82) is 5.26 Å². The van der Waals surface area contributed by atoms with E-state index in [-0.39, 0.29) is 34.0 Å². The van der Waals surface area contributed by atoms with E-state index < -0.39 is 6.36 Å². The molecule has 8 nitrogen and oxygen atoms in total. The molecule has 0 saturated carbocycles. The Kier molecular flexibility index (Phi) is 5.71. The molecule has 0 unspecified atom stereocenters. The van der Waals surface area contributed by atoms with Crippen LogP contribution < -0.4 is 20.1 Å². The second kappa shape index (κ2) is 8.61.